The molecule has 1 amide bonds. The number of carbonyl (C=O) groups excluding carboxylic acids is 1. The number of nitrogens with zero attached hydrogens (tertiary/aromatic N) is 2. The molecule has 4 N–H and O–H groups in total. The molecule has 0 saturated heterocycles. The molecular weight excluding hydrogens is 415 g/mol. The van der Waals surface area contributed by atoms with Gasteiger partial charge in [0.1, 0.15) is 18.2 Å². The smallest absolute Gasteiger partial charge is 0.253 e. The lowest BCUT2D eigenvalue weighted by atomic mass is 10.1. The Bertz CT molecular complexity index is 905. The quantitative estimate of drug-likeness (QED) is 0.282. The summed E-state index contributed by atoms with van der Waals surface area (Å²) in [6, 6.07) is 10.4. The molecule has 2 aromatic rings. The van der Waals surface area contributed by atoms with E-state index in [4.69, 9.17) is 44.2 Å². The molecule has 0 radical (unpaired) electrons. The Morgan fingerprint density at radius 2 is 1.76 bits per heavy atom. The zero-order chi connectivity index (χ0) is 21.4. The van der Waals surface area contributed by atoms with E-state index < -0.39 is 5.91 Å². The molecule has 0 bridgehead atoms. The van der Waals surface area contributed by atoms with Gasteiger partial charge in [0.25, 0.3) is 5.91 Å². The third-order valence-corrected chi connectivity index (χ3v) is 4.46. The van der Waals surface area contributed by atoms with Crippen LogP contribution in [0.25, 0.3) is 0 Å². The third kappa shape index (κ3) is 6.66. The summed E-state index contributed by atoms with van der Waals surface area (Å²) in [7, 11) is 1.58. The maximum atomic E-state index is 12.4. The highest BCUT2D eigenvalue weighted by Gasteiger charge is 2.13. The summed E-state index contributed by atoms with van der Waals surface area (Å²) >= 11 is 12.0. The molecule has 2 rings (SSSR count). The molecule has 0 aliphatic rings. The number of hydrogen-bond acceptors (Lipinski definition) is 5. The first-order chi connectivity index (χ1) is 13.8. The Balaban J connectivity index is 2.13. The van der Waals surface area contributed by atoms with Crippen LogP contribution in [0.5, 0.6) is 5.75 Å². The summed E-state index contributed by atoms with van der Waals surface area (Å²) in [5.41, 5.74) is 13.8. The van der Waals surface area contributed by atoms with Gasteiger partial charge < -0.3 is 21.0 Å². The number of hydrogen-bond donors (Lipinski definition) is 2. The number of aliphatic imine (C=N–C) groups is 1. The van der Waals surface area contributed by atoms with E-state index in [0.29, 0.717) is 39.4 Å². The number of ether oxygens (including phenoxy) is 1. The lowest BCUT2D eigenvalue weighted by Gasteiger charge is -2.08. The van der Waals surface area contributed by atoms with E-state index in [-0.39, 0.29) is 18.7 Å². The highest BCUT2D eigenvalue weighted by molar-refractivity contribution is 6.39. The second kappa shape index (κ2) is 10.7. The minimum atomic E-state index is -0.454. The van der Waals surface area contributed by atoms with Crippen LogP contribution in [0.15, 0.2) is 46.5 Å². The van der Waals surface area contributed by atoms with Crippen LogP contribution in [-0.2, 0) is 16.1 Å². The van der Waals surface area contributed by atoms with Crippen molar-refractivity contribution in [3.8, 4) is 5.75 Å². The van der Waals surface area contributed by atoms with Crippen LogP contribution in [0.1, 0.15) is 24.5 Å². The van der Waals surface area contributed by atoms with Crippen molar-refractivity contribution in [3.05, 3.63) is 57.6 Å². The third-order valence-electron chi connectivity index (χ3n) is 3.84. The maximum Gasteiger partial charge on any atom is 0.253 e. The standard InChI is InChI=1S/C20H22Cl2N4O3/c1-3-29-26-17(13-4-6-14(28-2)7-5-13)11-19(27)25-18(23)10-12-8-15(21)20(24)16(22)9-12/h4-9H,3,10-11,24H2,1-2H3,(H2,23,25,27)/b26-17-. The zero-order valence-electron chi connectivity index (χ0n) is 16.1. The molecule has 0 aliphatic carbocycles. The number of benzene rings is 2. The van der Waals surface area contributed by atoms with E-state index in [9.17, 15) is 4.79 Å². The molecule has 0 saturated carbocycles. The van der Waals surface area contributed by atoms with Crippen molar-refractivity contribution in [1.29, 1.82) is 0 Å². The number of nitrogens with two attached hydrogens (primary N) is 2. The van der Waals surface area contributed by atoms with Gasteiger partial charge in [0.15, 0.2) is 0 Å². The van der Waals surface area contributed by atoms with Crippen LogP contribution in [-0.4, -0.2) is 31.2 Å². The molecule has 0 atom stereocenters. The average Bonchev–Trinajstić information content (AvgIpc) is 2.69. The summed E-state index contributed by atoms with van der Waals surface area (Å²) in [6.45, 7) is 2.17. The first-order valence-electron chi connectivity index (χ1n) is 8.76. The number of methoxy groups -OCH3 is 1. The number of rotatable bonds is 8. The number of amidine groups is 1. The highest BCUT2D eigenvalue weighted by atomic mass is 35.5. The molecule has 0 aliphatic heterocycles. The van der Waals surface area contributed by atoms with Crippen molar-refractivity contribution in [1.82, 2.24) is 0 Å². The molecule has 29 heavy (non-hydrogen) atoms. The molecule has 0 heterocycles. The first kappa shape index (κ1) is 22.5. The zero-order valence-corrected chi connectivity index (χ0v) is 17.6. The van der Waals surface area contributed by atoms with Gasteiger partial charge in [0.2, 0.25) is 0 Å². The largest absolute Gasteiger partial charge is 0.497 e. The molecule has 0 unspecified atom stereocenters. The highest BCUT2D eigenvalue weighted by Crippen LogP contribution is 2.29. The maximum absolute atomic E-state index is 12.4. The molecular formula is C20H22Cl2N4O3. The monoisotopic (exact) mass is 436 g/mol. The summed E-state index contributed by atoms with van der Waals surface area (Å²) < 4.78 is 5.14. The van der Waals surface area contributed by atoms with Crippen molar-refractivity contribution in [3.63, 3.8) is 0 Å². The average molecular weight is 437 g/mol. The summed E-state index contributed by atoms with van der Waals surface area (Å²) in [5.74, 6) is 0.362. The molecule has 0 spiro atoms. The molecule has 2 aromatic carbocycles. The lowest BCUT2D eigenvalue weighted by Crippen LogP contribution is -2.19. The van der Waals surface area contributed by atoms with E-state index in [1.807, 2.05) is 0 Å². The normalized spacial score (nSPS) is 12.0. The first-order valence-corrected chi connectivity index (χ1v) is 9.52. The van der Waals surface area contributed by atoms with Crippen molar-refractivity contribution in [2.45, 2.75) is 19.8 Å². The van der Waals surface area contributed by atoms with Crippen LogP contribution in [0.2, 0.25) is 10.0 Å². The van der Waals surface area contributed by atoms with Gasteiger partial charge in [-0.1, -0.05) is 28.4 Å². The summed E-state index contributed by atoms with van der Waals surface area (Å²) in [5, 5.41) is 4.66. The lowest BCUT2D eigenvalue weighted by molar-refractivity contribution is -0.116. The number of nitrogen functional groups attached to an aromatic ring is 1. The van der Waals surface area contributed by atoms with Gasteiger partial charge in [-0.2, -0.15) is 0 Å². The Kier molecular flexibility index (Phi) is 8.30. The number of amides is 1. The van der Waals surface area contributed by atoms with Gasteiger partial charge in [0.05, 0.1) is 35.0 Å². The summed E-state index contributed by atoms with van der Waals surface area (Å²) in [4.78, 5) is 21.5. The number of carbonyl (C=O) groups is 1. The van der Waals surface area contributed by atoms with Crippen molar-refractivity contribution >= 4 is 46.3 Å². The minimum absolute atomic E-state index is 0.0731. The Morgan fingerprint density at radius 3 is 2.31 bits per heavy atom. The predicted octanol–water partition coefficient (Wildman–Crippen LogP) is 3.84. The SMILES string of the molecule is CCO/N=C(/CC(=O)N=C(N)Cc1cc(Cl)c(N)c(Cl)c1)c1ccc(OC)cc1. The van der Waals surface area contributed by atoms with E-state index in [1.54, 1.807) is 50.4 Å². The second-order valence-corrected chi connectivity index (χ2v) is 6.82. The summed E-state index contributed by atoms with van der Waals surface area (Å²) in [6.07, 6.45) is 0.127. The fourth-order valence-electron chi connectivity index (χ4n) is 2.44. The van der Waals surface area contributed by atoms with Crippen LogP contribution >= 0.6 is 23.2 Å². The molecule has 7 nitrogen and oxygen atoms in total. The predicted molar refractivity (Wildman–Crippen MR) is 117 cm³/mol. The van der Waals surface area contributed by atoms with Crippen molar-refractivity contribution in [2.24, 2.45) is 15.9 Å². The number of oxime groups is 1. The van der Waals surface area contributed by atoms with Crippen LogP contribution in [0.4, 0.5) is 5.69 Å². The van der Waals surface area contributed by atoms with Gasteiger partial charge in [-0.05, 0) is 48.9 Å². The number of halogens is 2. The van der Waals surface area contributed by atoms with Gasteiger partial charge in [-0.15, -0.1) is 0 Å². The van der Waals surface area contributed by atoms with Gasteiger partial charge >= 0.3 is 0 Å². The van der Waals surface area contributed by atoms with E-state index in [0.717, 1.165) is 5.56 Å². The minimum Gasteiger partial charge on any atom is -0.497 e. The van der Waals surface area contributed by atoms with E-state index in [1.165, 1.54) is 0 Å². The molecule has 9 heteroatoms. The molecule has 154 valence electrons. The van der Waals surface area contributed by atoms with Crippen LogP contribution < -0.4 is 16.2 Å². The topological polar surface area (TPSA) is 112 Å². The van der Waals surface area contributed by atoms with Crippen LogP contribution in [0, 0.1) is 0 Å². The van der Waals surface area contributed by atoms with Crippen LogP contribution in [0.3, 0.4) is 0 Å². The van der Waals surface area contributed by atoms with E-state index >= 15 is 0 Å². The van der Waals surface area contributed by atoms with Crippen molar-refractivity contribution in [2.75, 3.05) is 19.5 Å². The number of anilines is 1. The van der Waals surface area contributed by atoms with Gasteiger partial charge in [-0.3, -0.25) is 4.79 Å². The Hall–Kier alpha value is -2.77. The fourth-order valence-corrected chi connectivity index (χ4v) is 2.98. The van der Waals surface area contributed by atoms with Crippen molar-refractivity contribution < 1.29 is 14.4 Å². The fraction of sp³-hybridized carbons (Fsp3) is 0.250. The Morgan fingerprint density at radius 1 is 1.14 bits per heavy atom. The van der Waals surface area contributed by atoms with Gasteiger partial charge in [0, 0.05) is 12.0 Å². The molecule has 0 aromatic heterocycles. The second-order valence-electron chi connectivity index (χ2n) is 6.01. The molecule has 0 fully saturated rings. The van der Waals surface area contributed by atoms with Gasteiger partial charge in [-0.25, -0.2) is 4.99 Å². The Labute approximate surface area is 179 Å². The van der Waals surface area contributed by atoms with E-state index in [2.05, 4.69) is 10.1 Å².